The maximum atomic E-state index is 14.3. The van der Waals surface area contributed by atoms with Crippen LogP contribution in [0.25, 0.3) is 0 Å². The molecule has 0 amide bonds. The van der Waals surface area contributed by atoms with Crippen molar-refractivity contribution in [3.8, 4) is 0 Å². The van der Waals surface area contributed by atoms with Crippen LogP contribution in [0.15, 0.2) is 48.5 Å². The molecule has 1 aliphatic heterocycles. The van der Waals surface area contributed by atoms with Gasteiger partial charge in [0.05, 0.1) is 5.60 Å². The van der Waals surface area contributed by atoms with Crippen molar-refractivity contribution in [2.45, 2.75) is 24.9 Å². The second-order valence-electron chi connectivity index (χ2n) is 6.33. The summed E-state index contributed by atoms with van der Waals surface area (Å²) in [5, 5.41) is 11.5. The summed E-state index contributed by atoms with van der Waals surface area (Å²) in [5.41, 5.74) is 1.53. The number of hydrogen-bond donors (Lipinski definition) is 1. The van der Waals surface area contributed by atoms with Crippen LogP contribution in [-0.4, -0.2) is 30.1 Å². The number of rotatable bonds is 2. The summed E-state index contributed by atoms with van der Waals surface area (Å²) in [5.74, 6) is -0.511. The molecule has 2 unspecified atom stereocenters. The Balaban J connectivity index is 2.12. The van der Waals surface area contributed by atoms with Gasteiger partial charge in [-0.1, -0.05) is 42.5 Å². The molecule has 2 atom stereocenters. The van der Waals surface area contributed by atoms with Gasteiger partial charge in [-0.2, -0.15) is 0 Å². The van der Waals surface area contributed by atoms with Crippen LogP contribution in [-0.2, 0) is 5.60 Å². The first-order valence-electron chi connectivity index (χ1n) is 7.74. The fraction of sp³-hybridized carbons (Fsp3) is 0.368. The van der Waals surface area contributed by atoms with Crippen molar-refractivity contribution < 1.29 is 9.50 Å². The van der Waals surface area contributed by atoms with Gasteiger partial charge in [0.2, 0.25) is 0 Å². The number of aliphatic hydroxyl groups is 1. The number of halogens is 1. The molecule has 0 bridgehead atoms. The van der Waals surface area contributed by atoms with E-state index in [1.165, 1.54) is 6.07 Å². The second kappa shape index (κ2) is 5.82. The first-order chi connectivity index (χ1) is 10.5. The molecule has 1 fully saturated rings. The molecule has 0 spiro atoms. The molecule has 1 aliphatic rings. The monoisotopic (exact) mass is 299 g/mol. The third kappa shape index (κ3) is 2.55. The van der Waals surface area contributed by atoms with Crippen molar-refractivity contribution >= 4 is 0 Å². The third-order valence-electron chi connectivity index (χ3n) is 4.84. The first kappa shape index (κ1) is 15.2. The van der Waals surface area contributed by atoms with Gasteiger partial charge in [0, 0.05) is 19.0 Å². The molecule has 1 N–H and O–H groups in total. The highest BCUT2D eigenvalue weighted by Gasteiger charge is 2.44. The van der Waals surface area contributed by atoms with E-state index in [9.17, 15) is 9.50 Å². The Kier molecular flexibility index (Phi) is 4.02. The Morgan fingerprint density at radius 3 is 2.55 bits per heavy atom. The van der Waals surface area contributed by atoms with Crippen LogP contribution >= 0.6 is 0 Å². The minimum absolute atomic E-state index is 0.241. The lowest BCUT2D eigenvalue weighted by molar-refractivity contribution is -0.0432. The molecule has 0 aromatic heterocycles. The Morgan fingerprint density at radius 2 is 1.82 bits per heavy atom. The van der Waals surface area contributed by atoms with Crippen LogP contribution in [0.2, 0.25) is 0 Å². The summed E-state index contributed by atoms with van der Waals surface area (Å²) in [7, 11) is 2.02. The van der Waals surface area contributed by atoms with E-state index in [2.05, 4.69) is 4.90 Å². The first-order valence-corrected chi connectivity index (χ1v) is 7.74. The van der Waals surface area contributed by atoms with E-state index in [0.717, 1.165) is 17.7 Å². The summed E-state index contributed by atoms with van der Waals surface area (Å²) >= 11 is 0. The van der Waals surface area contributed by atoms with Gasteiger partial charge in [0.25, 0.3) is 0 Å². The van der Waals surface area contributed by atoms with Crippen LogP contribution in [0, 0.1) is 12.7 Å². The van der Waals surface area contributed by atoms with Gasteiger partial charge in [-0.15, -0.1) is 0 Å². The van der Waals surface area contributed by atoms with Crippen LogP contribution in [0.3, 0.4) is 0 Å². The molecule has 2 aromatic carbocycles. The van der Waals surface area contributed by atoms with Crippen molar-refractivity contribution in [2.75, 3.05) is 20.1 Å². The highest BCUT2D eigenvalue weighted by Crippen LogP contribution is 2.44. The van der Waals surface area contributed by atoms with Crippen LogP contribution in [0.1, 0.15) is 29.0 Å². The number of hydrogen-bond acceptors (Lipinski definition) is 2. The molecule has 1 saturated heterocycles. The van der Waals surface area contributed by atoms with E-state index >= 15 is 0 Å². The average molecular weight is 299 g/mol. The highest BCUT2D eigenvalue weighted by molar-refractivity contribution is 5.37. The van der Waals surface area contributed by atoms with Crippen LogP contribution < -0.4 is 0 Å². The van der Waals surface area contributed by atoms with Gasteiger partial charge in [-0.25, -0.2) is 4.39 Å². The molecule has 0 aliphatic carbocycles. The van der Waals surface area contributed by atoms with E-state index in [1.54, 1.807) is 12.1 Å². The topological polar surface area (TPSA) is 23.5 Å². The van der Waals surface area contributed by atoms with E-state index in [0.29, 0.717) is 18.5 Å². The predicted octanol–water partition coefficient (Wildman–Crippen LogP) is 3.44. The minimum atomic E-state index is -1.03. The summed E-state index contributed by atoms with van der Waals surface area (Å²) in [6.45, 7) is 3.45. The van der Waals surface area contributed by atoms with E-state index in [-0.39, 0.29) is 11.7 Å². The SMILES string of the molecule is Cc1ccccc1C1(O)CCN(C)CC1c1ccccc1F. The van der Waals surface area contributed by atoms with Gasteiger partial charge >= 0.3 is 0 Å². The highest BCUT2D eigenvalue weighted by atomic mass is 19.1. The lowest BCUT2D eigenvalue weighted by Crippen LogP contribution is -2.47. The molecule has 2 nitrogen and oxygen atoms in total. The Bertz CT molecular complexity index is 672. The molecular formula is C19H22FNO. The molecule has 1 heterocycles. The standard InChI is InChI=1S/C19H22FNO/c1-14-7-3-5-9-16(14)19(22)11-12-21(2)13-17(19)15-8-4-6-10-18(15)20/h3-10,17,22H,11-13H2,1-2H3. The van der Waals surface area contributed by atoms with Gasteiger partial charge in [0.1, 0.15) is 5.82 Å². The van der Waals surface area contributed by atoms with Crippen molar-refractivity contribution in [3.05, 3.63) is 71.0 Å². The van der Waals surface area contributed by atoms with Crippen LogP contribution in [0.5, 0.6) is 0 Å². The molecule has 116 valence electrons. The van der Waals surface area contributed by atoms with Gasteiger partial charge in [-0.3, -0.25) is 0 Å². The lowest BCUT2D eigenvalue weighted by Gasteiger charge is -2.45. The Morgan fingerprint density at radius 1 is 1.14 bits per heavy atom. The molecule has 3 heteroatoms. The summed E-state index contributed by atoms with van der Waals surface area (Å²) < 4.78 is 14.3. The van der Waals surface area contributed by atoms with Crippen molar-refractivity contribution in [3.63, 3.8) is 0 Å². The largest absolute Gasteiger partial charge is 0.384 e. The normalized spacial score (nSPS) is 26.1. The zero-order valence-corrected chi connectivity index (χ0v) is 13.1. The predicted molar refractivity (Wildman–Crippen MR) is 86.3 cm³/mol. The zero-order chi connectivity index (χ0) is 15.7. The van der Waals surface area contributed by atoms with Gasteiger partial charge in [0.15, 0.2) is 0 Å². The Hall–Kier alpha value is -1.71. The minimum Gasteiger partial charge on any atom is -0.384 e. The lowest BCUT2D eigenvalue weighted by atomic mass is 9.71. The molecule has 22 heavy (non-hydrogen) atoms. The fourth-order valence-corrected chi connectivity index (χ4v) is 3.58. The second-order valence-corrected chi connectivity index (χ2v) is 6.33. The Labute approximate surface area is 131 Å². The quantitative estimate of drug-likeness (QED) is 0.918. The number of likely N-dealkylation sites (N-methyl/N-ethyl adjacent to an activating group) is 1. The molecule has 3 rings (SSSR count). The number of aryl methyl sites for hydroxylation is 1. The maximum Gasteiger partial charge on any atom is 0.126 e. The van der Waals surface area contributed by atoms with Crippen LogP contribution in [0.4, 0.5) is 4.39 Å². The fourth-order valence-electron chi connectivity index (χ4n) is 3.58. The van der Waals surface area contributed by atoms with E-state index in [4.69, 9.17) is 0 Å². The smallest absolute Gasteiger partial charge is 0.126 e. The zero-order valence-electron chi connectivity index (χ0n) is 13.1. The number of piperidine rings is 1. The summed E-state index contributed by atoms with van der Waals surface area (Å²) in [6.07, 6.45) is 0.605. The van der Waals surface area contributed by atoms with Gasteiger partial charge in [-0.05, 0) is 43.1 Å². The molecule has 0 saturated carbocycles. The summed E-state index contributed by atoms with van der Waals surface area (Å²) in [6, 6.07) is 14.7. The number of nitrogens with zero attached hydrogens (tertiary/aromatic N) is 1. The summed E-state index contributed by atoms with van der Waals surface area (Å²) in [4.78, 5) is 2.16. The maximum absolute atomic E-state index is 14.3. The third-order valence-corrected chi connectivity index (χ3v) is 4.84. The molecular weight excluding hydrogens is 277 g/mol. The average Bonchev–Trinajstić information content (AvgIpc) is 2.51. The van der Waals surface area contributed by atoms with Gasteiger partial charge < -0.3 is 10.0 Å². The molecule has 0 radical (unpaired) electrons. The molecule has 2 aromatic rings. The number of likely N-dealkylation sites (tertiary alicyclic amines) is 1. The van der Waals surface area contributed by atoms with Crippen molar-refractivity contribution in [1.29, 1.82) is 0 Å². The number of benzene rings is 2. The van der Waals surface area contributed by atoms with Crippen molar-refractivity contribution in [2.24, 2.45) is 0 Å². The van der Waals surface area contributed by atoms with Crippen molar-refractivity contribution in [1.82, 2.24) is 4.90 Å². The van der Waals surface area contributed by atoms with E-state index < -0.39 is 5.60 Å². The van der Waals surface area contributed by atoms with E-state index in [1.807, 2.05) is 44.3 Å².